The average Bonchev–Trinajstić information content (AvgIpc) is 1.73. The van der Waals surface area contributed by atoms with Crippen LogP contribution in [0.1, 0.15) is 110 Å². The number of aliphatic imine (C=N–C) groups is 2. The molecule has 21 nitrogen and oxygen atoms in total. The van der Waals surface area contributed by atoms with Gasteiger partial charge in [0.15, 0.2) is 0 Å². The highest BCUT2D eigenvalue weighted by molar-refractivity contribution is 5.97. The third-order valence-electron chi connectivity index (χ3n) is 20.8. The van der Waals surface area contributed by atoms with Crippen LogP contribution in [0.2, 0.25) is 0 Å². The first kappa shape index (κ1) is 75.2. The number of imide groups is 2. The standard InChI is InChI=1S/2C26H37N5O2.C18H20N2O2.C8H17N3/c1-5-12-30-17-19(25(32)31(6-2)26(33)27-11-8-13-29(3)4)14-21-20-9-7-10-22-24(20)18(16-28-22)15-23(21)30;1-5-11-30-17-19(25(32)31(26(33)27-6-2)13-8-12-29(3)4)14-21-20-9-7-10-22-24(20)18(16-28-22)15-23(21)30;1-2-6-20-10-12(18(21)22)7-14-13-4-3-5-15-17(13)11(9-19-15)8-16(14)20;1-4-9-8-10-6-5-7-11(2)3/h2*5,7,9-10,16,19,21,23,28H,1,6,8,11-15,17H2,2-4H3,(H,27,33);2-5,9,12,14,16,19H,1,6-8,10H2,(H,21,22);4-7H2,1-3H3/t2*19-,21-,23-;12-,14-,16-;/m111./s1. The fourth-order valence-corrected chi connectivity index (χ4v) is 16.3. The van der Waals surface area contributed by atoms with E-state index < -0.39 is 5.97 Å². The van der Waals surface area contributed by atoms with E-state index >= 15 is 0 Å². The van der Waals surface area contributed by atoms with Gasteiger partial charge < -0.3 is 45.4 Å². The smallest absolute Gasteiger partial charge is 0.324 e. The molecule has 0 bridgehead atoms. The molecule has 0 spiro atoms. The van der Waals surface area contributed by atoms with Gasteiger partial charge >= 0.3 is 18.0 Å². The Morgan fingerprint density at radius 2 is 0.949 bits per heavy atom. The minimum atomic E-state index is -0.681. The van der Waals surface area contributed by atoms with Gasteiger partial charge in [-0.05, 0) is 192 Å². The zero-order valence-corrected chi connectivity index (χ0v) is 60.4. The van der Waals surface area contributed by atoms with Gasteiger partial charge in [0.05, 0.1) is 30.3 Å². The Labute approximate surface area is 586 Å². The maximum absolute atomic E-state index is 13.7. The molecule has 3 aliphatic carbocycles. The Morgan fingerprint density at radius 1 is 0.545 bits per heavy atom. The highest BCUT2D eigenvalue weighted by Crippen LogP contribution is 2.48. The third kappa shape index (κ3) is 18.1. The Bertz CT molecular complexity index is 3800. The molecule has 0 saturated carbocycles. The zero-order valence-electron chi connectivity index (χ0n) is 60.4. The number of aliphatic carboxylic acids is 1. The van der Waals surface area contributed by atoms with Crippen LogP contribution >= 0.6 is 0 Å². The topological polar surface area (TPSA) is 228 Å². The number of rotatable bonds is 24. The first-order valence-corrected chi connectivity index (χ1v) is 36.1. The number of aromatic nitrogens is 3. The number of carbonyl (C=O) groups is 5. The van der Waals surface area contributed by atoms with Crippen LogP contribution in [0, 0.1) is 17.8 Å². The summed E-state index contributed by atoms with van der Waals surface area (Å²) in [7, 11) is 12.2. The van der Waals surface area contributed by atoms with Crippen molar-refractivity contribution in [2.45, 2.75) is 114 Å². The van der Waals surface area contributed by atoms with Crippen molar-refractivity contribution in [3.8, 4) is 0 Å². The number of likely N-dealkylation sites (tertiary alicyclic amines) is 3. The van der Waals surface area contributed by atoms with Crippen molar-refractivity contribution in [2.24, 2.45) is 27.7 Å². The molecule has 0 radical (unpaired) electrons. The maximum Gasteiger partial charge on any atom is 0.324 e. The Morgan fingerprint density at radius 3 is 1.35 bits per heavy atom. The number of amides is 6. The zero-order chi connectivity index (χ0) is 70.9. The molecule has 3 fully saturated rings. The number of carboxylic acids is 1. The largest absolute Gasteiger partial charge is 0.481 e. The van der Waals surface area contributed by atoms with Gasteiger partial charge in [-0.1, -0.05) is 54.6 Å². The van der Waals surface area contributed by atoms with Crippen molar-refractivity contribution in [3.05, 3.63) is 145 Å². The van der Waals surface area contributed by atoms with Crippen LogP contribution in [0.25, 0.3) is 32.7 Å². The second-order valence-corrected chi connectivity index (χ2v) is 28.3. The summed E-state index contributed by atoms with van der Waals surface area (Å²) >= 11 is 0. The molecule has 0 unspecified atom stereocenters. The number of nitrogens with zero attached hydrogens (tertiary/aromatic N) is 10. The molecule has 3 aromatic heterocycles. The molecule has 3 aromatic carbocycles. The number of benzene rings is 3. The van der Waals surface area contributed by atoms with E-state index in [9.17, 15) is 29.1 Å². The number of hydrogen-bond donors (Lipinski definition) is 6. The van der Waals surface area contributed by atoms with Gasteiger partial charge in [0.2, 0.25) is 11.8 Å². The van der Waals surface area contributed by atoms with Crippen molar-refractivity contribution in [3.63, 3.8) is 0 Å². The summed E-state index contributed by atoms with van der Waals surface area (Å²) in [4.78, 5) is 98.8. The number of H-pyrrole nitrogens is 3. The fourth-order valence-electron chi connectivity index (χ4n) is 16.3. The van der Waals surface area contributed by atoms with Crippen LogP contribution in [0.3, 0.4) is 0 Å². The lowest BCUT2D eigenvalue weighted by molar-refractivity contribution is -0.144. The van der Waals surface area contributed by atoms with Crippen LogP contribution in [-0.4, -0.2) is 254 Å². The van der Waals surface area contributed by atoms with E-state index in [1.54, 1.807) is 0 Å². The summed E-state index contributed by atoms with van der Waals surface area (Å²) in [5.74, 6) is -0.711. The van der Waals surface area contributed by atoms with Crippen molar-refractivity contribution in [2.75, 3.05) is 140 Å². The normalized spacial score (nSPS) is 22.0. The highest BCUT2D eigenvalue weighted by atomic mass is 16.4. The van der Waals surface area contributed by atoms with Crippen molar-refractivity contribution >= 4 is 68.6 Å². The first-order valence-electron chi connectivity index (χ1n) is 36.1. The number of hydrogen-bond acceptors (Lipinski definition) is 13. The van der Waals surface area contributed by atoms with Gasteiger partial charge in [0.25, 0.3) is 0 Å². The summed E-state index contributed by atoms with van der Waals surface area (Å²) in [6.45, 7) is 28.0. The molecule has 12 rings (SSSR count). The molecular formula is C78H111N15O6. The van der Waals surface area contributed by atoms with Gasteiger partial charge in [0, 0.05) is 159 Å². The van der Waals surface area contributed by atoms with Gasteiger partial charge in [0.1, 0.15) is 0 Å². The lowest BCUT2D eigenvalue weighted by Crippen LogP contribution is -2.55. The minimum absolute atomic E-state index is 0.0562. The van der Waals surface area contributed by atoms with Crippen molar-refractivity contribution in [1.82, 2.24) is 64.8 Å². The number of nitrogens with one attached hydrogen (secondary N) is 5. The number of carboxylic acid groups (broad SMARTS) is 1. The number of piperidine rings is 3. The molecule has 6 amide bonds. The van der Waals surface area contributed by atoms with Crippen LogP contribution in [0.4, 0.5) is 9.59 Å². The summed E-state index contributed by atoms with van der Waals surface area (Å²) in [6, 6.07) is 22.4. The molecule has 3 aliphatic heterocycles. The molecule has 6 N–H and O–H groups in total. The van der Waals surface area contributed by atoms with Gasteiger partial charge in [-0.25, -0.2) is 19.6 Å². The van der Waals surface area contributed by atoms with Crippen LogP contribution in [0.5, 0.6) is 0 Å². The molecule has 6 aliphatic rings. The second kappa shape index (κ2) is 35.9. The number of fused-ring (bicyclic) bond motifs is 6. The van der Waals surface area contributed by atoms with E-state index in [0.29, 0.717) is 69.9 Å². The maximum atomic E-state index is 13.7. The van der Waals surface area contributed by atoms with Crippen molar-refractivity contribution < 1.29 is 29.1 Å². The minimum Gasteiger partial charge on any atom is -0.481 e. The summed E-state index contributed by atoms with van der Waals surface area (Å²) in [5.41, 5.74) is 11.5. The molecule has 6 aromatic rings. The second-order valence-electron chi connectivity index (χ2n) is 28.3. The molecule has 534 valence electrons. The van der Waals surface area contributed by atoms with Crippen LogP contribution in [-0.2, 0) is 33.6 Å². The Hall–Kier alpha value is -8.01. The number of urea groups is 2. The van der Waals surface area contributed by atoms with E-state index in [4.69, 9.17) is 0 Å². The van der Waals surface area contributed by atoms with Gasteiger partial charge in [-0.2, -0.15) is 0 Å². The monoisotopic (exact) mass is 1350 g/mol. The molecule has 9 atom stereocenters. The predicted molar refractivity (Wildman–Crippen MR) is 399 cm³/mol. The molecule has 21 heteroatoms. The van der Waals surface area contributed by atoms with Gasteiger partial charge in [-0.3, -0.25) is 38.9 Å². The van der Waals surface area contributed by atoms with Crippen molar-refractivity contribution in [1.29, 1.82) is 0 Å². The number of aromatic amines is 3. The summed E-state index contributed by atoms with van der Waals surface area (Å²) in [5, 5.41) is 19.2. The van der Waals surface area contributed by atoms with E-state index in [2.05, 4.69) is 178 Å². The fraction of sp³-hybridized carbons (Fsp3) is 0.538. The summed E-state index contributed by atoms with van der Waals surface area (Å²) < 4.78 is 0. The van der Waals surface area contributed by atoms with E-state index in [1.165, 1.54) is 64.9 Å². The molecular weight excluding hydrogens is 1240 g/mol. The molecule has 3 saturated heterocycles. The lowest BCUT2D eigenvalue weighted by atomic mass is 9.72. The molecule has 99 heavy (non-hydrogen) atoms. The van der Waals surface area contributed by atoms with E-state index in [0.717, 1.165) is 121 Å². The quantitative estimate of drug-likeness (QED) is 0.0189. The SMILES string of the molecule is C=CCN1C[C@H](C(=O)N(CC)C(=O)NCCCN(C)C)C[C@@H]2c3cccc4[nH]cc(c34)C[C@H]21.C=CCN1C[C@H](C(=O)N(CCCN(C)C)C(=O)NCC)C[C@@H]2c3cccc4[nH]cc(c34)C[C@H]21.C=CCN1C[C@H](C(=O)O)C[C@@H]2c3cccc4[nH]cc(c34)C[C@H]21.CCN=C=NCCCN(C)C. The first-order chi connectivity index (χ1) is 47.8. The van der Waals surface area contributed by atoms with Gasteiger partial charge in [-0.15, -0.1) is 19.7 Å². The predicted octanol–water partition coefficient (Wildman–Crippen LogP) is 10.3. The third-order valence-corrected chi connectivity index (χ3v) is 20.8. The van der Waals surface area contributed by atoms with E-state index in [1.807, 2.05) is 67.2 Å². The molecule has 6 heterocycles. The van der Waals surface area contributed by atoms with Crippen LogP contribution in [0.15, 0.2) is 121 Å². The van der Waals surface area contributed by atoms with E-state index in [-0.39, 0.29) is 53.5 Å². The average molecular weight is 1350 g/mol. The Balaban J connectivity index is 0.000000164. The summed E-state index contributed by atoms with van der Waals surface area (Å²) in [6.07, 6.45) is 20.0. The lowest BCUT2D eigenvalue weighted by Gasteiger charge is -2.47. The Kier molecular flexibility index (Phi) is 27.2. The highest BCUT2D eigenvalue weighted by Gasteiger charge is 2.47. The van der Waals surface area contributed by atoms with Crippen LogP contribution < -0.4 is 10.6 Å². The number of carbonyl (C=O) groups excluding carboxylic acids is 4.